The highest BCUT2D eigenvalue weighted by Crippen LogP contribution is 2.49. The van der Waals surface area contributed by atoms with E-state index in [0.29, 0.717) is 4.90 Å². The van der Waals surface area contributed by atoms with Gasteiger partial charge in [-0.2, -0.15) is 20.0 Å². The lowest BCUT2D eigenvalue weighted by molar-refractivity contribution is -0.198. The van der Waals surface area contributed by atoms with Gasteiger partial charge in [0.2, 0.25) is 5.28 Å². The molecule has 2 saturated heterocycles. The van der Waals surface area contributed by atoms with Crippen LogP contribution in [0.4, 0.5) is 15.4 Å². The average Bonchev–Trinajstić information content (AvgIpc) is 3.53. The van der Waals surface area contributed by atoms with Crippen LogP contribution in [0.5, 0.6) is 0 Å². The lowest BCUT2D eigenvalue weighted by Gasteiger charge is -2.39. The molecule has 0 saturated carbocycles. The van der Waals surface area contributed by atoms with E-state index < -0.39 is 67.5 Å². The molecule has 2 aliphatic heterocycles. The molecule has 0 aromatic carbocycles. The standard InChI is InChI=1S/C32H50ClN5O10Si/c1-18(39)44-21-24(45-20(16-43-49(13,14)30(8,9)10)32(21)17-42-31(11,12)48-32)38-23-19(15-34-38)22(35-25(33)36-23)37(26(40)46-28(2,3)4)27(41)47-29(5,6)7/h15,20-21,24H,16-17H2,1-14H3. The van der Waals surface area contributed by atoms with Gasteiger partial charge in [-0.1, -0.05) is 20.8 Å². The van der Waals surface area contributed by atoms with Crippen LogP contribution in [0.3, 0.4) is 0 Å². The van der Waals surface area contributed by atoms with Crippen LogP contribution in [0, 0.1) is 0 Å². The molecular weight excluding hydrogens is 678 g/mol. The summed E-state index contributed by atoms with van der Waals surface area (Å²) in [5.41, 5.74) is -3.19. The van der Waals surface area contributed by atoms with Crippen LogP contribution in [-0.2, 0) is 37.6 Å². The zero-order valence-corrected chi connectivity index (χ0v) is 32.7. The van der Waals surface area contributed by atoms with Crippen LogP contribution in [0.15, 0.2) is 6.20 Å². The van der Waals surface area contributed by atoms with E-state index in [4.69, 9.17) is 44.4 Å². The first-order valence-corrected chi connectivity index (χ1v) is 19.4. The first-order chi connectivity index (χ1) is 22.2. The number of hydrogen-bond acceptors (Lipinski definition) is 13. The molecule has 0 aliphatic carbocycles. The Kier molecular flexibility index (Phi) is 10.3. The van der Waals surface area contributed by atoms with Gasteiger partial charge in [0, 0.05) is 6.92 Å². The molecule has 2 aliphatic rings. The highest BCUT2D eigenvalue weighted by Gasteiger charge is 2.66. The van der Waals surface area contributed by atoms with E-state index in [2.05, 4.69) is 48.9 Å². The fraction of sp³-hybridized carbons (Fsp3) is 0.750. The van der Waals surface area contributed by atoms with Crippen molar-refractivity contribution in [2.75, 3.05) is 18.1 Å². The summed E-state index contributed by atoms with van der Waals surface area (Å²) in [4.78, 5) is 49.0. The van der Waals surface area contributed by atoms with Crippen molar-refractivity contribution in [3.05, 3.63) is 11.5 Å². The predicted octanol–water partition coefficient (Wildman–Crippen LogP) is 6.53. The minimum atomic E-state index is -2.28. The van der Waals surface area contributed by atoms with Crippen LogP contribution < -0.4 is 4.90 Å². The third kappa shape index (κ3) is 8.36. The van der Waals surface area contributed by atoms with Gasteiger partial charge in [0.05, 0.1) is 24.8 Å². The number of rotatable bonds is 6. The largest absolute Gasteiger partial charge is 0.454 e. The number of carbonyl (C=O) groups excluding carboxylic acids is 3. The minimum absolute atomic E-state index is 0.0191. The Hall–Kier alpha value is -2.89. The number of nitrogens with zero attached hydrogens (tertiary/aromatic N) is 5. The Bertz CT molecular complexity index is 1570. The molecule has 2 amide bonds. The Balaban J connectivity index is 1.87. The SMILES string of the molecule is CC(=O)OC1C(n2ncc3c(N(C(=O)OC(C)(C)C)C(=O)OC(C)(C)C)nc(Cl)nc32)OC(CO[Si](C)(C)C(C)(C)C)C12COC(C)(C)O2. The van der Waals surface area contributed by atoms with Gasteiger partial charge >= 0.3 is 18.2 Å². The summed E-state index contributed by atoms with van der Waals surface area (Å²) in [5, 5.41) is 4.25. The fourth-order valence-corrected chi connectivity index (χ4v) is 6.35. The van der Waals surface area contributed by atoms with Crippen LogP contribution >= 0.6 is 11.6 Å². The van der Waals surface area contributed by atoms with Crippen molar-refractivity contribution in [1.82, 2.24) is 19.7 Å². The molecule has 17 heteroatoms. The molecule has 2 aromatic rings. The first-order valence-electron chi connectivity index (χ1n) is 16.1. The number of fused-ring (bicyclic) bond motifs is 1. The van der Waals surface area contributed by atoms with Gasteiger partial charge < -0.3 is 32.8 Å². The monoisotopic (exact) mass is 727 g/mol. The summed E-state index contributed by atoms with van der Waals surface area (Å²) in [5.74, 6) is -1.87. The molecular formula is C32H50ClN5O10Si. The summed E-state index contributed by atoms with van der Waals surface area (Å²) in [7, 11) is -2.28. The van der Waals surface area contributed by atoms with E-state index in [-0.39, 0.29) is 40.4 Å². The number of hydrogen-bond donors (Lipinski definition) is 0. The Morgan fingerprint density at radius 1 is 1.02 bits per heavy atom. The number of esters is 1. The highest BCUT2D eigenvalue weighted by molar-refractivity contribution is 6.74. The summed E-state index contributed by atoms with van der Waals surface area (Å²) in [6.07, 6.45) is -3.79. The number of carbonyl (C=O) groups is 3. The van der Waals surface area contributed by atoms with E-state index in [9.17, 15) is 14.4 Å². The van der Waals surface area contributed by atoms with Crippen molar-refractivity contribution in [2.45, 2.75) is 142 Å². The molecule has 2 aromatic heterocycles. The molecule has 0 radical (unpaired) electrons. The van der Waals surface area contributed by atoms with Crippen molar-refractivity contribution in [3.8, 4) is 0 Å². The Labute approximate surface area is 293 Å². The number of aromatic nitrogens is 4. The number of halogens is 1. The maximum atomic E-state index is 13.5. The zero-order chi connectivity index (χ0) is 37.1. The van der Waals surface area contributed by atoms with Crippen LogP contribution in [0.1, 0.15) is 89.3 Å². The average molecular weight is 728 g/mol. The molecule has 1 spiro atoms. The van der Waals surface area contributed by atoms with E-state index >= 15 is 0 Å². The van der Waals surface area contributed by atoms with E-state index in [1.54, 1.807) is 55.4 Å². The molecule has 15 nitrogen and oxygen atoms in total. The number of amides is 2. The lowest BCUT2D eigenvalue weighted by atomic mass is 9.93. The van der Waals surface area contributed by atoms with Crippen LogP contribution in [0.2, 0.25) is 23.4 Å². The van der Waals surface area contributed by atoms with E-state index in [1.165, 1.54) is 17.8 Å². The molecule has 0 bridgehead atoms. The van der Waals surface area contributed by atoms with Crippen molar-refractivity contribution >= 4 is 54.9 Å². The predicted molar refractivity (Wildman–Crippen MR) is 182 cm³/mol. The number of ether oxygens (including phenoxy) is 6. The molecule has 4 heterocycles. The van der Waals surface area contributed by atoms with Gasteiger partial charge in [0.15, 0.2) is 43.5 Å². The number of anilines is 1. The van der Waals surface area contributed by atoms with Crippen molar-refractivity contribution < 1.29 is 47.2 Å². The number of imide groups is 1. The second-order valence-electron chi connectivity index (χ2n) is 16.3. The highest BCUT2D eigenvalue weighted by atomic mass is 35.5. The Morgan fingerprint density at radius 3 is 2.06 bits per heavy atom. The molecule has 0 N–H and O–H groups in total. The van der Waals surface area contributed by atoms with Crippen LogP contribution in [-0.4, -0.2) is 94.2 Å². The van der Waals surface area contributed by atoms with Gasteiger partial charge in [-0.25, -0.2) is 14.3 Å². The van der Waals surface area contributed by atoms with Gasteiger partial charge in [0.25, 0.3) is 0 Å². The summed E-state index contributed by atoms with van der Waals surface area (Å²) < 4.78 is 44.2. The molecule has 274 valence electrons. The third-order valence-corrected chi connectivity index (χ3v) is 13.0. The molecule has 4 rings (SSSR count). The molecule has 2 fully saturated rings. The van der Waals surface area contributed by atoms with Gasteiger partial charge in [-0.05, 0) is 85.1 Å². The minimum Gasteiger partial charge on any atom is -0.454 e. The first kappa shape index (κ1) is 38.9. The smallest absolute Gasteiger partial charge is 0.425 e. The maximum Gasteiger partial charge on any atom is 0.425 e. The summed E-state index contributed by atoms with van der Waals surface area (Å²) >= 11 is 6.45. The Morgan fingerprint density at radius 2 is 1.59 bits per heavy atom. The topological polar surface area (TPSA) is 163 Å². The molecule has 49 heavy (non-hydrogen) atoms. The lowest BCUT2D eigenvalue weighted by Crippen LogP contribution is -2.55. The third-order valence-electron chi connectivity index (χ3n) is 8.38. The summed E-state index contributed by atoms with van der Waals surface area (Å²) in [6, 6.07) is 0. The van der Waals surface area contributed by atoms with Crippen LogP contribution in [0.25, 0.3) is 11.0 Å². The second-order valence-corrected chi connectivity index (χ2v) is 21.4. The van der Waals surface area contributed by atoms with Gasteiger partial charge in [0.1, 0.15) is 17.3 Å². The normalized spacial score (nSPS) is 24.3. The fourth-order valence-electron chi connectivity index (χ4n) is 5.19. The van der Waals surface area contributed by atoms with E-state index in [1.807, 2.05) is 0 Å². The van der Waals surface area contributed by atoms with Crippen molar-refractivity contribution in [2.24, 2.45) is 0 Å². The maximum absolute atomic E-state index is 13.5. The van der Waals surface area contributed by atoms with Crippen molar-refractivity contribution in [3.63, 3.8) is 0 Å². The van der Waals surface area contributed by atoms with Crippen molar-refractivity contribution in [1.29, 1.82) is 0 Å². The second kappa shape index (κ2) is 13.0. The van der Waals surface area contributed by atoms with Gasteiger partial charge in [-0.15, -0.1) is 0 Å². The van der Waals surface area contributed by atoms with E-state index in [0.717, 1.165) is 0 Å². The quantitative estimate of drug-likeness (QED) is 0.137. The molecule has 4 unspecified atom stereocenters. The summed E-state index contributed by atoms with van der Waals surface area (Å²) in [6.45, 7) is 25.5. The van der Waals surface area contributed by atoms with Gasteiger partial charge in [-0.3, -0.25) is 4.79 Å². The zero-order valence-electron chi connectivity index (χ0n) is 30.9. The molecule has 4 atom stereocenters.